The van der Waals surface area contributed by atoms with Gasteiger partial charge < -0.3 is 15.2 Å². The van der Waals surface area contributed by atoms with Gasteiger partial charge in [0.25, 0.3) is 5.91 Å². The summed E-state index contributed by atoms with van der Waals surface area (Å²) in [6.45, 7) is 1.98. The van der Waals surface area contributed by atoms with E-state index in [0.29, 0.717) is 5.69 Å². The van der Waals surface area contributed by atoms with Crippen LogP contribution in [0.1, 0.15) is 12.5 Å². The number of aryl methyl sites for hydroxylation is 1. The average molecular weight is 235 g/mol. The van der Waals surface area contributed by atoms with Crippen LogP contribution in [0.15, 0.2) is 24.3 Å². The van der Waals surface area contributed by atoms with Gasteiger partial charge in [0, 0.05) is 5.69 Å². The highest BCUT2D eigenvalue weighted by molar-refractivity contribution is 6.00. The van der Waals surface area contributed by atoms with E-state index in [-0.39, 0.29) is 0 Å². The minimum absolute atomic E-state index is 0.404. The van der Waals surface area contributed by atoms with Gasteiger partial charge in [-0.15, -0.1) is 0 Å². The maximum atomic E-state index is 11.7. The van der Waals surface area contributed by atoms with Crippen LogP contribution in [0.3, 0.4) is 0 Å². The lowest BCUT2D eigenvalue weighted by Crippen LogP contribution is -2.23. The van der Waals surface area contributed by atoms with Crippen LogP contribution in [0.25, 0.3) is 0 Å². The number of epoxide rings is 1. The zero-order valence-electron chi connectivity index (χ0n) is 9.34. The van der Waals surface area contributed by atoms with E-state index in [1.54, 1.807) is 6.07 Å². The van der Waals surface area contributed by atoms with Crippen molar-refractivity contribution < 1.29 is 19.4 Å². The normalized spacial score (nSPS) is 21.9. The van der Waals surface area contributed by atoms with E-state index in [2.05, 4.69) is 5.32 Å². The third kappa shape index (κ3) is 2.45. The number of anilines is 1. The van der Waals surface area contributed by atoms with Crippen LogP contribution in [0, 0.1) is 0 Å². The predicted molar refractivity (Wildman–Crippen MR) is 60.7 cm³/mol. The quantitative estimate of drug-likeness (QED) is 0.764. The second-order valence-corrected chi connectivity index (χ2v) is 3.82. The van der Waals surface area contributed by atoms with Crippen LogP contribution in [0.2, 0.25) is 0 Å². The molecule has 17 heavy (non-hydrogen) atoms. The summed E-state index contributed by atoms with van der Waals surface area (Å²) in [7, 11) is 0. The highest BCUT2D eigenvalue weighted by atomic mass is 16.6. The number of ether oxygens (including phenoxy) is 1. The van der Waals surface area contributed by atoms with Crippen molar-refractivity contribution in [2.75, 3.05) is 5.32 Å². The molecule has 0 bridgehead atoms. The number of benzene rings is 1. The zero-order valence-corrected chi connectivity index (χ0v) is 9.34. The van der Waals surface area contributed by atoms with Gasteiger partial charge >= 0.3 is 5.97 Å². The molecular formula is C12H13NO4. The smallest absolute Gasteiger partial charge is 0.336 e. The van der Waals surface area contributed by atoms with Crippen molar-refractivity contribution in [1.29, 1.82) is 0 Å². The van der Waals surface area contributed by atoms with Gasteiger partial charge in [0.05, 0.1) is 0 Å². The van der Waals surface area contributed by atoms with Crippen molar-refractivity contribution in [1.82, 2.24) is 0 Å². The number of hydrogen-bond acceptors (Lipinski definition) is 3. The summed E-state index contributed by atoms with van der Waals surface area (Å²) in [5.74, 6) is -1.51. The molecule has 0 aliphatic carbocycles. The molecule has 2 rings (SSSR count). The number of carbonyl (C=O) groups is 2. The number of nitrogens with one attached hydrogen (secondary N) is 1. The van der Waals surface area contributed by atoms with Crippen molar-refractivity contribution in [3.8, 4) is 0 Å². The molecule has 1 fully saturated rings. The molecule has 1 aromatic rings. The standard InChI is InChI=1S/C12H13NO4/c1-2-7-5-3-4-6-8(7)13-11(14)9-10(17-9)12(15)16/h3-6,9-10H,2H2,1H3,(H,13,14)(H,15,16)/t9-,10-/m1/s1. The Labute approximate surface area is 98.4 Å². The Morgan fingerprint density at radius 1 is 1.35 bits per heavy atom. The van der Waals surface area contributed by atoms with Crippen LogP contribution >= 0.6 is 0 Å². The summed E-state index contributed by atoms with van der Waals surface area (Å²) in [6.07, 6.45) is -1.06. The molecule has 0 radical (unpaired) electrons. The molecule has 1 saturated heterocycles. The summed E-state index contributed by atoms with van der Waals surface area (Å²) >= 11 is 0. The average Bonchev–Trinajstić information content (AvgIpc) is 3.09. The Balaban J connectivity index is 2.02. The molecule has 0 unspecified atom stereocenters. The number of carboxylic acid groups (broad SMARTS) is 1. The highest BCUT2D eigenvalue weighted by Gasteiger charge is 2.50. The van der Waals surface area contributed by atoms with E-state index in [0.717, 1.165) is 12.0 Å². The van der Waals surface area contributed by atoms with Crippen molar-refractivity contribution in [3.05, 3.63) is 29.8 Å². The van der Waals surface area contributed by atoms with Gasteiger partial charge in [0.15, 0.2) is 12.2 Å². The van der Waals surface area contributed by atoms with E-state index in [1.165, 1.54) is 0 Å². The molecule has 2 N–H and O–H groups in total. The molecule has 90 valence electrons. The number of carbonyl (C=O) groups excluding carboxylic acids is 1. The van der Waals surface area contributed by atoms with Gasteiger partial charge in [-0.1, -0.05) is 25.1 Å². The summed E-state index contributed by atoms with van der Waals surface area (Å²) < 4.78 is 4.77. The molecule has 5 nitrogen and oxygen atoms in total. The maximum absolute atomic E-state index is 11.7. The SMILES string of the molecule is CCc1ccccc1NC(=O)[C@@H]1O[C@H]1C(=O)O. The largest absolute Gasteiger partial charge is 0.479 e. The van der Waals surface area contributed by atoms with Crippen LogP contribution in [0.4, 0.5) is 5.69 Å². The lowest BCUT2D eigenvalue weighted by molar-refractivity contribution is -0.138. The van der Waals surface area contributed by atoms with Crippen molar-refractivity contribution >= 4 is 17.6 Å². The third-order valence-corrected chi connectivity index (χ3v) is 2.65. The minimum atomic E-state index is -1.10. The molecule has 0 aromatic heterocycles. The fourth-order valence-corrected chi connectivity index (χ4v) is 1.65. The van der Waals surface area contributed by atoms with Gasteiger partial charge in [0.1, 0.15) is 0 Å². The van der Waals surface area contributed by atoms with E-state index in [1.807, 2.05) is 25.1 Å². The number of hydrogen-bond donors (Lipinski definition) is 2. The Hall–Kier alpha value is -1.88. The number of para-hydroxylation sites is 1. The molecule has 1 heterocycles. The van der Waals surface area contributed by atoms with Gasteiger partial charge in [-0.3, -0.25) is 4.79 Å². The van der Waals surface area contributed by atoms with Crippen LogP contribution in [0.5, 0.6) is 0 Å². The van der Waals surface area contributed by atoms with Crippen molar-refractivity contribution in [2.24, 2.45) is 0 Å². The molecule has 0 saturated carbocycles. The first kappa shape index (κ1) is 11.6. The Kier molecular flexibility index (Phi) is 3.10. The second kappa shape index (κ2) is 4.55. The molecule has 0 spiro atoms. The monoisotopic (exact) mass is 235 g/mol. The van der Waals surface area contributed by atoms with Gasteiger partial charge in [-0.25, -0.2) is 4.79 Å². The molecule has 1 amide bonds. The number of carboxylic acids is 1. The van der Waals surface area contributed by atoms with Gasteiger partial charge in [-0.2, -0.15) is 0 Å². The van der Waals surface area contributed by atoms with Crippen LogP contribution in [-0.2, 0) is 20.7 Å². The van der Waals surface area contributed by atoms with E-state index >= 15 is 0 Å². The Morgan fingerprint density at radius 2 is 2.06 bits per heavy atom. The first-order valence-corrected chi connectivity index (χ1v) is 5.40. The maximum Gasteiger partial charge on any atom is 0.336 e. The topological polar surface area (TPSA) is 78.9 Å². The lowest BCUT2D eigenvalue weighted by Gasteiger charge is -2.07. The molecule has 2 atom stereocenters. The lowest BCUT2D eigenvalue weighted by atomic mass is 10.1. The van der Waals surface area contributed by atoms with E-state index in [4.69, 9.17) is 9.84 Å². The molecule has 1 aliphatic heterocycles. The molecule has 5 heteroatoms. The van der Waals surface area contributed by atoms with Crippen molar-refractivity contribution in [2.45, 2.75) is 25.6 Å². The second-order valence-electron chi connectivity index (χ2n) is 3.82. The summed E-state index contributed by atoms with van der Waals surface area (Å²) in [6, 6.07) is 7.41. The minimum Gasteiger partial charge on any atom is -0.479 e. The van der Waals surface area contributed by atoms with Gasteiger partial charge in [0.2, 0.25) is 0 Å². The van der Waals surface area contributed by atoms with Crippen LogP contribution < -0.4 is 5.32 Å². The van der Waals surface area contributed by atoms with Gasteiger partial charge in [-0.05, 0) is 18.1 Å². The number of rotatable bonds is 4. The van der Waals surface area contributed by atoms with E-state index < -0.39 is 24.1 Å². The zero-order chi connectivity index (χ0) is 12.4. The fraction of sp³-hybridized carbons (Fsp3) is 0.333. The summed E-state index contributed by atoms with van der Waals surface area (Å²) in [5.41, 5.74) is 1.72. The molecule has 1 aliphatic rings. The van der Waals surface area contributed by atoms with Crippen molar-refractivity contribution in [3.63, 3.8) is 0 Å². The Morgan fingerprint density at radius 3 is 2.65 bits per heavy atom. The first-order valence-electron chi connectivity index (χ1n) is 5.40. The number of amides is 1. The first-order chi connectivity index (χ1) is 8.13. The fourth-order valence-electron chi connectivity index (χ4n) is 1.65. The molecular weight excluding hydrogens is 222 g/mol. The molecule has 1 aromatic carbocycles. The summed E-state index contributed by atoms with van der Waals surface area (Å²) in [4.78, 5) is 22.2. The van der Waals surface area contributed by atoms with E-state index in [9.17, 15) is 9.59 Å². The predicted octanol–water partition coefficient (Wildman–Crippen LogP) is 1.04. The highest BCUT2D eigenvalue weighted by Crippen LogP contribution is 2.25. The number of aliphatic carboxylic acids is 1. The third-order valence-electron chi connectivity index (χ3n) is 2.65. The summed E-state index contributed by atoms with van der Waals surface area (Å²) in [5, 5.41) is 11.3. The Bertz CT molecular complexity index is 458. The van der Waals surface area contributed by atoms with Crippen LogP contribution in [-0.4, -0.2) is 29.2 Å².